The van der Waals surface area contributed by atoms with Crippen molar-refractivity contribution in [3.8, 4) is 0 Å². The number of hydrogen-bond acceptors (Lipinski definition) is 4. The molecule has 0 aliphatic carbocycles. The number of benzene rings is 2. The number of amides is 1. The summed E-state index contributed by atoms with van der Waals surface area (Å²) in [6.07, 6.45) is 4.72. The summed E-state index contributed by atoms with van der Waals surface area (Å²) in [7, 11) is -1.61. The van der Waals surface area contributed by atoms with Crippen molar-refractivity contribution in [1.82, 2.24) is 13.9 Å². The van der Waals surface area contributed by atoms with Crippen LogP contribution in [-0.2, 0) is 28.3 Å². The first-order valence-electron chi connectivity index (χ1n) is 12.1. The molecule has 2 heterocycles. The number of aromatic nitrogens is 2. The molecule has 4 rings (SSSR count). The standard InChI is InChI=1S/C26H34N4O3S/c1-4-19(2)20-8-10-21(11-9-20)27-26(31)15-14-25-28-23-18-22(12-13-24(23)29(25)3)34(32,33)30-16-6-5-7-17-30/h8-13,18-19H,4-7,14-17H2,1-3H3,(H,27,31). The number of nitrogens with one attached hydrogen (secondary N) is 1. The molecule has 1 saturated heterocycles. The van der Waals surface area contributed by atoms with E-state index in [1.807, 2.05) is 29.8 Å². The van der Waals surface area contributed by atoms with Gasteiger partial charge in [-0.05, 0) is 61.1 Å². The number of anilines is 1. The van der Waals surface area contributed by atoms with Crippen LogP contribution in [0.4, 0.5) is 5.69 Å². The third-order valence-corrected chi connectivity index (χ3v) is 8.74. The SMILES string of the molecule is CCC(C)c1ccc(NC(=O)CCc2nc3cc(S(=O)(=O)N4CCCCC4)ccc3n2C)cc1. The maximum atomic E-state index is 13.0. The second-order valence-corrected chi connectivity index (χ2v) is 11.1. The number of nitrogens with zero attached hydrogens (tertiary/aromatic N) is 3. The van der Waals surface area contributed by atoms with Crippen molar-refractivity contribution >= 4 is 32.7 Å². The first-order valence-corrected chi connectivity index (χ1v) is 13.6. The molecule has 2 aromatic carbocycles. The van der Waals surface area contributed by atoms with Crippen LogP contribution < -0.4 is 5.32 Å². The molecule has 1 amide bonds. The zero-order valence-electron chi connectivity index (χ0n) is 20.3. The highest BCUT2D eigenvalue weighted by Gasteiger charge is 2.26. The van der Waals surface area contributed by atoms with E-state index >= 15 is 0 Å². The Balaban J connectivity index is 1.43. The van der Waals surface area contributed by atoms with Gasteiger partial charge in [0.15, 0.2) is 0 Å². The predicted molar refractivity (Wildman–Crippen MR) is 135 cm³/mol. The molecule has 0 saturated carbocycles. The number of sulfonamides is 1. The molecule has 0 spiro atoms. The molecule has 182 valence electrons. The first-order chi connectivity index (χ1) is 16.3. The molecule has 1 unspecified atom stereocenters. The Kier molecular flexibility index (Phi) is 7.38. The number of piperidine rings is 1. The summed E-state index contributed by atoms with van der Waals surface area (Å²) >= 11 is 0. The fraction of sp³-hybridized carbons (Fsp3) is 0.462. The zero-order valence-corrected chi connectivity index (χ0v) is 21.1. The fourth-order valence-corrected chi connectivity index (χ4v) is 5.99. The summed E-state index contributed by atoms with van der Waals surface area (Å²) in [5, 5.41) is 2.95. The Labute approximate surface area is 202 Å². The number of fused-ring (bicyclic) bond motifs is 1. The molecule has 7 nitrogen and oxygen atoms in total. The summed E-state index contributed by atoms with van der Waals surface area (Å²) in [4.78, 5) is 17.4. The van der Waals surface area contributed by atoms with Gasteiger partial charge in [0, 0.05) is 38.7 Å². The minimum Gasteiger partial charge on any atom is -0.331 e. The molecule has 1 fully saturated rings. The van der Waals surface area contributed by atoms with Gasteiger partial charge in [-0.3, -0.25) is 4.79 Å². The van der Waals surface area contributed by atoms with Gasteiger partial charge in [0.2, 0.25) is 15.9 Å². The molecule has 1 aliphatic heterocycles. The number of imidazole rings is 1. The second-order valence-electron chi connectivity index (χ2n) is 9.18. The van der Waals surface area contributed by atoms with Crippen molar-refractivity contribution in [2.75, 3.05) is 18.4 Å². The molecule has 8 heteroatoms. The quantitative estimate of drug-likeness (QED) is 0.498. The van der Waals surface area contributed by atoms with Gasteiger partial charge in [-0.15, -0.1) is 0 Å². The zero-order chi connectivity index (χ0) is 24.3. The van der Waals surface area contributed by atoms with Crippen LogP contribution in [0, 0.1) is 0 Å². The minimum atomic E-state index is -3.51. The van der Waals surface area contributed by atoms with E-state index in [2.05, 4.69) is 36.3 Å². The monoisotopic (exact) mass is 482 g/mol. The maximum absolute atomic E-state index is 13.0. The Morgan fingerprint density at radius 1 is 1.09 bits per heavy atom. The van der Waals surface area contributed by atoms with Crippen LogP contribution in [0.1, 0.15) is 63.3 Å². The van der Waals surface area contributed by atoms with Crippen LogP contribution in [0.3, 0.4) is 0 Å². The van der Waals surface area contributed by atoms with Gasteiger partial charge < -0.3 is 9.88 Å². The average molecular weight is 483 g/mol. The highest BCUT2D eigenvalue weighted by Crippen LogP contribution is 2.25. The van der Waals surface area contributed by atoms with Crippen molar-refractivity contribution in [3.05, 3.63) is 53.9 Å². The molecule has 1 N–H and O–H groups in total. The summed E-state index contributed by atoms with van der Waals surface area (Å²) in [6.45, 7) is 5.50. The molecule has 34 heavy (non-hydrogen) atoms. The third kappa shape index (κ3) is 5.18. The number of hydrogen-bond donors (Lipinski definition) is 1. The van der Waals surface area contributed by atoms with Gasteiger partial charge in [-0.25, -0.2) is 13.4 Å². The predicted octanol–water partition coefficient (Wildman–Crippen LogP) is 4.83. The van der Waals surface area contributed by atoms with Crippen molar-refractivity contribution in [2.24, 2.45) is 7.05 Å². The summed E-state index contributed by atoms with van der Waals surface area (Å²) in [6, 6.07) is 13.1. The minimum absolute atomic E-state index is 0.0725. The lowest BCUT2D eigenvalue weighted by Crippen LogP contribution is -2.35. The molecular formula is C26H34N4O3S. The van der Waals surface area contributed by atoms with Crippen LogP contribution in [0.25, 0.3) is 11.0 Å². The Bertz CT molecular complexity index is 1260. The molecule has 3 aromatic rings. The van der Waals surface area contributed by atoms with E-state index in [1.165, 1.54) is 5.56 Å². The van der Waals surface area contributed by atoms with Gasteiger partial charge >= 0.3 is 0 Å². The lowest BCUT2D eigenvalue weighted by molar-refractivity contribution is -0.116. The molecule has 1 aromatic heterocycles. The number of carbonyl (C=O) groups excluding carboxylic acids is 1. The number of rotatable bonds is 8. The third-order valence-electron chi connectivity index (χ3n) is 6.85. The maximum Gasteiger partial charge on any atom is 0.243 e. The van der Waals surface area contributed by atoms with Crippen molar-refractivity contribution in [3.63, 3.8) is 0 Å². The highest BCUT2D eigenvalue weighted by atomic mass is 32.2. The Hall–Kier alpha value is -2.71. The first kappa shape index (κ1) is 24.4. The van der Waals surface area contributed by atoms with E-state index in [0.717, 1.165) is 42.7 Å². The Morgan fingerprint density at radius 2 is 1.79 bits per heavy atom. The molecule has 0 radical (unpaired) electrons. The molecular weight excluding hydrogens is 448 g/mol. The van der Waals surface area contributed by atoms with E-state index < -0.39 is 10.0 Å². The van der Waals surface area contributed by atoms with Gasteiger partial charge in [0.05, 0.1) is 15.9 Å². The summed E-state index contributed by atoms with van der Waals surface area (Å²) < 4.78 is 29.6. The van der Waals surface area contributed by atoms with Gasteiger partial charge in [-0.2, -0.15) is 4.31 Å². The van der Waals surface area contributed by atoms with E-state index in [-0.39, 0.29) is 10.8 Å². The van der Waals surface area contributed by atoms with Crippen LogP contribution in [0.2, 0.25) is 0 Å². The lowest BCUT2D eigenvalue weighted by Gasteiger charge is -2.25. The van der Waals surface area contributed by atoms with Gasteiger partial charge in [-0.1, -0.05) is 32.4 Å². The van der Waals surface area contributed by atoms with Crippen LogP contribution >= 0.6 is 0 Å². The molecule has 1 atom stereocenters. The van der Waals surface area contributed by atoms with E-state index in [1.54, 1.807) is 16.4 Å². The van der Waals surface area contributed by atoms with Crippen molar-refractivity contribution in [1.29, 1.82) is 0 Å². The van der Waals surface area contributed by atoms with Gasteiger partial charge in [0.1, 0.15) is 5.82 Å². The van der Waals surface area contributed by atoms with Crippen LogP contribution in [0.5, 0.6) is 0 Å². The van der Waals surface area contributed by atoms with Crippen LogP contribution in [0.15, 0.2) is 47.4 Å². The summed E-state index contributed by atoms with van der Waals surface area (Å²) in [5.41, 5.74) is 3.54. The average Bonchev–Trinajstić information content (AvgIpc) is 3.18. The number of carbonyl (C=O) groups is 1. The van der Waals surface area contributed by atoms with E-state index in [0.29, 0.717) is 37.4 Å². The topological polar surface area (TPSA) is 84.3 Å². The normalized spacial score (nSPS) is 16.0. The Morgan fingerprint density at radius 3 is 2.47 bits per heavy atom. The second kappa shape index (κ2) is 10.3. The van der Waals surface area contributed by atoms with Crippen molar-refractivity contribution < 1.29 is 13.2 Å². The number of aryl methyl sites for hydroxylation is 2. The van der Waals surface area contributed by atoms with E-state index in [9.17, 15) is 13.2 Å². The lowest BCUT2D eigenvalue weighted by atomic mass is 9.99. The van der Waals surface area contributed by atoms with Crippen LogP contribution in [-0.4, -0.2) is 41.3 Å². The molecule has 1 aliphatic rings. The fourth-order valence-electron chi connectivity index (χ4n) is 4.45. The summed E-state index contributed by atoms with van der Waals surface area (Å²) in [5.74, 6) is 1.18. The van der Waals surface area contributed by atoms with Gasteiger partial charge in [0.25, 0.3) is 0 Å². The van der Waals surface area contributed by atoms with E-state index in [4.69, 9.17) is 0 Å². The smallest absolute Gasteiger partial charge is 0.243 e. The molecule has 0 bridgehead atoms. The van der Waals surface area contributed by atoms with Crippen molar-refractivity contribution in [2.45, 2.75) is 63.2 Å². The largest absolute Gasteiger partial charge is 0.331 e. The highest BCUT2D eigenvalue weighted by molar-refractivity contribution is 7.89.